The first-order chi connectivity index (χ1) is 8.41. The van der Waals surface area contributed by atoms with Crippen molar-refractivity contribution in [1.82, 2.24) is 0 Å². The largest absolute Gasteiger partial charge is 2.00 e. The van der Waals surface area contributed by atoms with Crippen LogP contribution in [0.4, 0.5) is 0 Å². The van der Waals surface area contributed by atoms with Crippen molar-refractivity contribution in [2.75, 3.05) is 0 Å². The number of hydrogen-bond acceptors (Lipinski definition) is 0. The van der Waals surface area contributed by atoms with Crippen LogP contribution in [0, 0.1) is 0 Å². The van der Waals surface area contributed by atoms with Crippen LogP contribution in [0.2, 0.25) is 10.0 Å². The maximum absolute atomic E-state index is 2.30. The van der Waals surface area contributed by atoms with E-state index in [4.69, 9.17) is 0 Å². The summed E-state index contributed by atoms with van der Waals surface area (Å²) in [7, 11) is 0. The van der Waals surface area contributed by atoms with Gasteiger partial charge < -0.3 is 13.5 Å². The topological polar surface area (TPSA) is 0 Å². The van der Waals surface area contributed by atoms with E-state index in [-0.39, 0.29) is 30.6 Å². The molecule has 0 atom stereocenters. The van der Waals surface area contributed by atoms with Crippen LogP contribution in [0.3, 0.4) is 0 Å². The molecule has 0 aromatic heterocycles. The molecule has 0 unspecified atom stereocenters. The van der Waals surface area contributed by atoms with Gasteiger partial charge in [-0.3, -0.25) is 0 Å². The summed E-state index contributed by atoms with van der Waals surface area (Å²) in [4.78, 5) is 0. The van der Waals surface area contributed by atoms with Gasteiger partial charge in [0.2, 0.25) is 0 Å². The molecule has 2 heteroatoms. The van der Waals surface area contributed by atoms with Crippen molar-refractivity contribution in [3.05, 3.63) is 0 Å². The van der Waals surface area contributed by atoms with E-state index in [0.29, 0.717) is 0 Å². The molecule has 108 valence electrons. The van der Waals surface area contributed by atoms with Crippen LogP contribution in [0.1, 0.15) is 90.9 Å². The van der Waals surface area contributed by atoms with Gasteiger partial charge in [-0.25, -0.2) is 0 Å². The summed E-state index contributed by atoms with van der Waals surface area (Å²) in [5, 5.41) is 3.35. The molecule has 0 saturated carbocycles. The molecule has 18 heavy (non-hydrogen) atoms. The summed E-state index contributed by atoms with van der Waals surface area (Å²) in [6, 6.07) is 0. The normalized spacial score (nSPS) is 9.89. The maximum atomic E-state index is 2.30. The second-order valence-corrected chi connectivity index (χ2v) is 10.0. The fourth-order valence-electron chi connectivity index (χ4n) is 2.44. The molecule has 0 aliphatic rings. The summed E-state index contributed by atoms with van der Waals surface area (Å²) < 4.78 is 0. The van der Waals surface area contributed by atoms with E-state index in [0.717, 1.165) is 0 Å². The average Bonchev–Trinajstić information content (AvgIpc) is 2.35. The molecule has 0 aliphatic heterocycles. The van der Waals surface area contributed by atoms with Gasteiger partial charge in [-0.2, -0.15) is 0 Å². The van der Waals surface area contributed by atoms with Crippen LogP contribution in [-0.4, -0.2) is 0 Å². The zero-order valence-electron chi connectivity index (χ0n) is 13.0. The SMILES string of the molecule is CCCCCCC[CH2][Zn][CH2]CCCCCCC.[S-2]. The van der Waals surface area contributed by atoms with Crippen molar-refractivity contribution in [3.63, 3.8) is 0 Å². The third kappa shape index (κ3) is 19.3. The van der Waals surface area contributed by atoms with Crippen LogP contribution >= 0.6 is 0 Å². The Morgan fingerprint density at radius 2 is 0.833 bits per heavy atom. The summed E-state index contributed by atoms with van der Waals surface area (Å²) in [5.41, 5.74) is 0. The third-order valence-electron chi connectivity index (χ3n) is 3.71. The Balaban J connectivity index is 0. The predicted molar refractivity (Wildman–Crippen MR) is 83.7 cm³/mol. The molecule has 0 saturated heterocycles. The monoisotopic (exact) mass is 322 g/mol. The number of hydrogen-bond donors (Lipinski definition) is 0. The Bertz CT molecular complexity index is 114. The van der Waals surface area contributed by atoms with Crippen molar-refractivity contribution in [1.29, 1.82) is 0 Å². The second-order valence-electron chi connectivity index (χ2n) is 5.60. The third-order valence-corrected chi connectivity index (χ3v) is 7.90. The van der Waals surface area contributed by atoms with Gasteiger partial charge >= 0.3 is 118 Å². The minimum Gasteiger partial charge on any atom is -2.00 e. The molecule has 0 amide bonds. The van der Waals surface area contributed by atoms with Crippen LogP contribution < -0.4 is 0 Å². The van der Waals surface area contributed by atoms with Gasteiger partial charge in [0.05, 0.1) is 0 Å². The maximum Gasteiger partial charge on any atom is -2.00 e. The van der Waals surface area contributed by atoms with Gasteiger partial charge in [-0.1, -0.05) is 0 Å². The Morgan fingerprint density at radius 3 is 1.22 bits per heavy atom. The van der Waals surface area contributed by atoms with Crippen molar-refractivity contribution in [2.24, 2.45) is 0 Å². The van der Waals surface area contributed by atoms with Gasteiger partial charge in [-0.05, 0) is 0 Å². The average molecular weight is 324 g/mol. The van der Waals surface area contributed by atoms with Crippen LogP contribution in [0.15, 0.2) is 0 Å². The van der Waals surface area contributed by atoms with Crippen molar-refractivity contribution >= 4 is 13.5 Å². The molecule has 0 spiro atoms. The van der Waals surface area contributed by atoms with E-state index < -0.39 is 0 Å². The minimum absolute atomic E-state index is 0. The zero-order valence-corrected chi connectivity index (χ0v) is 16.8. The van der Waals surface area contributed by atoms with Crippen LogP contribution in [0.25, 0.3) is 0 Å². The zero-order chi connectivity index (χ0) is 12.6. The first kappa shape index (κ1) is 21.3. The fraction of sp³-hybridized carbons (Fsp3) is 1.00. The first-order valence-corrected chi connectivity index (χ1v) is 12.6. The van der Waals surface area contributed by atoms with Crippen molar-refractivity contribution < 1.29 is 17.1 Å². The van der Waals surface area contributed by atoms with E-state index in [2.05, 4.69) is 13.8 Å². The number of rotatable bonds is 14. The molecule has 0 aliphatic carbocycles. The standard InChI is InChI=1S/2C8H17.S.Zn/c2*1-3-5-7-8-6-4-2;;/h2*1,3-8H2,2H3;;/q;;-2;. The Morgan fingerprint density at radius 1 is 0.500 bits per heavy atom. The minimum atomic E-state index is -0.0720. The van der Waals surface area contributed by atoms with E-state index in [9.17, 15) is 0 Å². The van der Waals surface area contributed by atoms with E-state index >= 15 is 0 Å². The molecule has 0 nitrogen and oxygen atoms in total. The molecule has 0 aromatic rings. The summed E-state index contributed by atoms with van der Waals surface area (Å²) in [6.07, 6.45) is 17.9. The predicted octanol–water partition coefficient (Wildman–Crippen LogP) is 6.62. The molecular weight excluding hydrogens is 290 g/mol. The first-order valence-electron chi connectivity index (χ1n) is 8.41. The second kappa shape index (κ2) is 20.3. The van der Waals surface area contributed by atoms with Crippen LogP contribution in [0.5, 0.6) is 0 Å². The van der Waals surface area contributed by atoms with Gasteiger partial charge in [-0.15, -0.1) is 0 Å². The molecule has 0 aromatic carbocycles. The van der Waals surface area contributed by atoms with Gasteiger partial charge in [0.1, 0.15) is 0 Å². The van der Waals surface area contributed by atoms with Gasteiger partial charge in [0.15, 0.2) is 0 Å². The summed E-state index contributed by atoms with van der Waals surface area (Å²) in [5.74, 6) is 0. The molecular formula is C16H34SZn-2. The molecule has 0 heterocycles. The molecule has 0 rings (SSSR count). The molecule has 0 N–H and O–H groups in total. The van der Waals surface area contributed by atoms with E-state index in [1.54, 1.807) is 22.9 Å². The Labute approximate surface area is 131 Å². The molecule has 0 fully saturated rings. The molecule has 0 radical (unpaired) electrons. The Hall–Kier alpha value is 0.973. The van der Waals surface area contributed by atoms with E-state index in [1.165, 1.54) is 64.2 Å². The fourth-order valence-corrected chi connectivity index (χ4v) is 6.15. The van der Waals surface area contributed by atoms with Crippen molar-refractivity contribution in [2.45, 2.75) is 101 Å². The summed E-state index contributed by atoms with van der Waals surface area (Å²) >= 11 is -0.0720. The quantitative estimate of drug-likeness (QED) is 0.249. The Kier molecular flexibility index (Phi) is 24.0. The van der Waals surface area contributed by atoms with Crippen LogP contribution in [-0.2, 0) is 30.6 Å². The van der Waals surface area contributed by atoms with Gasteiger partial charge in [0.25, 0.3) is 0 Å². The number of unbranched alkanes of at least 4 members (excludes halogenated alkanes) is 10. The molecule has 0 bridgehead atoms. The van der Waals surface area contributed by atoms with Gasteiger partial charge in [0, 0.05) is 0 Å². The smallest absolute Gasteiger partial charge is 2.00 e. The van der Waals surface area contributed by atoms with Crippen molar-refractivity contribution in [3.8, 4) is 0 Å². The summed E-state index contributed by atoms with van der Waals surface area (Å²) in [6.45, 7) is 4.60. The van der Waals surface area contributed by atoms with E-state index in [1.807, 2.05) is 0 Å².